The smallest absolute Gasteiger partial charge is 0.255 e. The van der Waals surface area contributed by atoms with Crippen LogP contribution >= 0.6 is 23.2 Å². The van der Waals surface area contributed by atoms with Gasteiger partial charge in [0, 0.05) is 10.6 Å². The van der Waals surface area contributed by atoms with Gasteiger partial charge >= 0.3 is 0 Å². The van der Waals surface area contributed by atoms with Crippen LogP contribution in [0, 0.1) is 18.3 Å². The summed E-state index contributed by atoms with van der Waals surface area (Å²) in [4.78, 5) is 12.1. The highest BCUT2D eigenvalue weighted by Crippen LogP contribution is 2.24. The first-order valence-corrected chi connectivity index (χ1v) is 6.54. The molecule has 5 heteroatoms. The number of carbonyl (C=O) groups excluding carboxylic acids is 1. The summed E-state index contributed by atoms with van der Waals surface area (Å²) in [7, 11) is 0. The molecule has 2 aromatic rings. The SMILES string of the molecule is Cc1cc(C(=O)Nc2cc(C#N)ccc2Cl)ccc1Cl. The molecule has 0 radical (unpaired) electrons. The van der Waals surface area contributed by atoms with Crippen LogP contribution in [0.15, 0.2) is 36.4 Å². The molecule has 0 bridgehead atoms. The molecule has 0 aromatic heterocycles. The van der Waals surface area contributed by atoms with Crippen LogP contribution in [0.4, 0.5) is 5.69 Å². The molecule has 3 nitrogen and oxygen atoms in total. The van der Waals surface area contributed by atoms with Crippen LogP contribution in [-0.4, -0.2) is 5.91 Å². The molecular formula is C15H10Cl2N2O. The van der Waals surface area contributed by atoms with Crippen molar-refractivity contribution in [1.29, 1.82) is 5.26 Å². The summed E-state index contributed by atoms with van der Waals surface area (Å²) in [6.07, 6.45) is 0. The van der Waals surface area contributed by atoms with Crippen LogP contribution in [0.1, 0.15) is 21.5 Å². The van der Waals surface area contributed by atoms with E-state index in [2.05, 4.69) is 5.32 Å². The van der Waals surface area contributed by atoms with Crippen LogP contribution in [0.2, 0.25) is 10.0 Å². The lowest BCUT2D eigenvalue weighted by Gasteiger charge is -2.08. The Bertz CT molecular complexity index is 720. The maximum absolute atomic E-state index is 12.1. The molecule has 0 atom stereocenters. The minimum atomic E-state index is -0.304. The topological polar surface area (TPSA) is 52.9 Å². The second kappa shape index (κ2) is 5.96. The van der Waals surface area contributed by atoms with E-state index in [-0.39, 0.29) is 5.91 Å². The highest BCUT2D eigenvalue weighted by Gasteiger charge is 2.10. The number of rotatable bonds is 2. The summed E-state index contributed by atoms with van der Waals surface area (Å²) in [5.74, 6) is -0.304. The molecule has 0 spiro atoms. The number of hydrogen-bond acceptors (Lipinski definition) is 2. The van der Waals surface area contributed by atoms with Gasteiger partial charge in [0.05, 0.1) is 22.3 Å². The Hall–Kier alpha value is -2.02. The summed E-state index contributed by atoms with van der Waals surface area (Å²) in [6.45, 7) is 1.82. The van der Waals surface area contributed by atoms with Crippen molar-refractivity contribution in [3.8, 4) is 6.07 Å². The third kappa shape index (κ3) is 3.11. The van der Waals surface area contributed by atoms with E-state index in [0.29, 0.717) is 26.9 Å². The van der Waals surface area contributed by atoms with E-state index in [1.807, 2.05) is 13.0 Å². The lowest BCUT2D eigenvalue weighted by atomic mass is 10.1. The van der Waals surface area contributed by atoms with Crippen molar-refractivity contribution < 1.29 is 4.79 Å². The average Bonchev–Trinajstić information content (AvgIpc) is 2.44. The lowest BCUT2D eigenvalue weighted by molar-refractivity contribution is 0.102. The van der Waals surface area contributed by atoms with Gasteiger partial charge in [-0.3, -0.25) is 4.79 Å². The number of nitrogens with zero attached hydrogens (tertiary/aromatic N) is 1. The van der Waals surface area contributed by atoms with Gasteiger partial charge in [-0.05, 0) is 48.9 Å². The quantitative estimate of drug-likeness (QED) is 0.892. The molecule has 0 saturated heterocycles. The number of amides is 1. The van der Waals surface area contributed by atoms with Crippen LogP contribution < -0.4 is 5.32 Å². The van der Waals surface area contributed by atoms with Crippen molar-refractivity contribution in [1.82, 2.24) is 0 Å². The summed E-state index contributed by atoms with van der Waals surface area (Å²) in [6, 6.07) is 11.7. The van der Waals surface area contributed by atoms with Crippen LogP contribution in [-0.2, 0) is 0 Å². The minimum Gasteiger partial charge on any atom is -0.321 e. The van der Waals surface area contributed by atoms with Crippen molar-refractivity contribution in [2.24, 2.45) is 0 Å². The molecule has 20 heavy (non-hydrogen) atoms. The number of aryl methyl sites for hydroxylation is 1. The number of carbonyl (C=O) groups is 1. The first kappa shape index (κ1) is 14.4. The monoisotopic (exact) mass is 304 g/mol. The standard InChI is InChI=1S/C15H10Cl2N2O/c1-9-6-11(3-5-12(9)16)15(20)19-14-7-10(8-18)2-4-13(14)17/h2-7H,1H3,(H,19,20). The maximum atomic E-state index is 12.1. The predicted molar refractivity (Wildman–Crippen MR) is 80.3 cm³/mol. The highest BCUT2D eigenvalue weighted by atomic mass is 35.5. The molecular weight excluding hydrogens is 295 g/mol. The number of nitrogens with one attached hydrogen (secondary N) is 1. The van der Waals surface area contributed by atoms with Crippen LogP contribution in [0.25, 0.3) is 0 Å². The van der Waals surface area contributed by atoms with E-state index in [1.54, 1.807) is 30.3 Å². The summed E-state index contributed by atoms with van der Waals surface area (Å²) >= 11 is 11.9. The van der Waals surface area contributed by atoms with Gasteiger partial charge in [0.2, 0.25) is 0 Å². The molecule has 0 aliphatic rings. The Morgan fingerprint density at radius 1 is 1.15 bits per heavy atom. The third-order valence-corrected chi connectivity index (χ3v) is 3.52. The van der Waals surface area contributed by atoms with Crippen molar-refractivity contribution in [2.75, 3.05) is 5.32 Å². The Labute approximate surface area is 126 Å². The molecule has 1 amide bonds. The van der Waals surface area contributed by atoms with Gasteiger partial charge in [-0.25, -0.2) is 0 Å². The normalized spacial score (nSPS) is 9.90. The van der Waals surface area contributed by atoms with Crippen molar-refractivity contribution in [3.05, 3.63) is 63.1 Å². The second-order valence-corrected chi connectivity index (χ2v) is 5.04. The van der Waals surface area contributed by atoms with E-state index in [4.69, 9.17) is 28.5 Å². The molecule has 100 valence electrons. The van der Waals surface area contributed by atoms with Crippen LogP contribution in [0.5, 0.6) is 0 Å². The van der Waals surface area contributed by atoms with Gasteiger partial charge in [0.15, 0.2) is 0 Å². The predicted octanol–water partition coefficient (Wildman–Crippen LogP) is 4.43. The Morgan fingerprint density at radius 3 is 2.50 bits per heavy atom. The summed E-state index contributed by atoms with van der Waals surface area (Å²) in [5.41, 5.74) is 2.13. The van der Waals surface area contributed by atoms with E-state index in [9.17, 15) is 4.79 Å². The van der Waals surface area contributed by atoms with Crippen LogP contribution in [0.3, 0.4) is 0 Å². The number of anilines is 1. The van der Waals surface area contributed by atoms with Gasteiger partial charge in [-0.15, -0.1) is 0 Å². The van der Waals surface area contributed by atoms with E-state index >= 15 is 0 Å². The summed E-state index contributed by atoms with van der Waals surface area (Å²) < 4.78 is 0. The Morgan fingerprint density at radius 2 is 1.85 bits per heavy atom. The fourth-order valence-electron chi connectivity index (χ4n) is 1.67. The van der Waals surface area contributed by atoms with Crippen molar-refractivity contribution in [2.45, 2.75) is 6.92 Å². The largest absolute Gasteiger partial charge is 0.321 e. The third-order valence-electron chi connectivity index (χ3n) is 2.76. The molecule has 2 rings (SSSR count). The van der Waals surface area contributed by atoms with Gasteiger partial charge in [-0.2, -0.15) is 5.26 Å². The average molecular weight is 305 g/mol. The molecule has 1 N–H and O–H groups in total. The zero-order chi connectivity index (χ0) is 14.7. The second-order valence-electron chi connectivity index (χ2n) is 4.22. The maximum Gasteiger partial charge on any atom is 0.255 e. The van der Waals surface area contributed by atoms with Gasteiger partial charge < -0.3 is 5.32 Å². The molecule has 0 heterocycles. The molecule has 0 unspecified atom stereocenters. The number of nitriles is 1. The molecule has 0 saturated carbocycles. The van der Waals surface area contributed by atoms with Gasteiger partial charge in [0.25, 0.3) is 5.91 Å². The zero-order valence-electron chi connectivity index (χ0n) is 10.6. The Balaban J connectivity index is 2.28. The molecule has 0 fully saturated rings. The van der Waals surface area contributed by atoms with E-state index < -0.39 is 0 Å². The van der Waals surface area contributed by atoms with E-state index in [1.165, 1.54) is 6.07 Å². The number of halogens is 2. The molecule has 2 aromatic carbocycles. The van der Waals surface area contributed by atoms with Gasteiger partial charge in [-0.1, -0.05) is 23.2 Å². The molecule has 0 aliphatic heterocycles. The number of hydrogen-bond donors (Lipinski definition) is 1. The zero-order valence-corrected chi connectivity index (χ0v) is 12.1. The van der Waals surface area contributed by atoms with E-state index in [0.717, 1.165) is 5.56 Å². The summed E-state index contributed by atoms with van der Waals surface area (Å²) in [5, 5.41) is 12.5. The Kier molecular flexibility index (Phi) is 4.29. The minimum absolute atomic E-state index is 0.304. The molecule has 0 aliphatic carbocycles. The van der Waals surface area contributed by atoms with Crippen molar-refractivity contribution >= 4 is 34.8 Å². The number of benzene rings is 2. The first-order valence-electron chi connectivity index (χ1n) is 5.78. The lowest BCUT2D eigenvalue weighted by Crippen LogP contribution is -2.12. The highest BCUT2D eigenvalue weighted by molar-refractivity contribution is 6.34. The fourth-order valence-corrected chi connectivity index (χ4v) is 1.95. The van der Waals surface area contributed by atoms with Crippen molar-refractivity contribution in [3.63, 3.8) is 0 Å². The fraction of sp³-hybridized carbons (Fsp3) is 0.0667. The first-order chi connectivity index (χ1) is 9.51. The van der Waals surface area contributed by atoms with Gasteiger partial charge in [0.1, 0.15) is 0 Å².